The standard InChI is InChI=1S/C22H36N2O5S/c1-3-5-15-30(26,27)24-11-9-21(10-12-24)22(25)23-17-19-7-6-8-20(16-19)18-29-14-13-28-4-2/h6-8,16,21H,3-5,9-15,17-18H2,1-2H3,(H,23,25). The molecule has 0 spiro atoms. The van der Waals surface area contributed by atoms with Crippen molar-refractivity contribution in [3.05, 3.63) is 35.4 Å². The van der Waals surface area contributed by atoms with Crippen LogP contribution < -0.4 is 5.32 Å². The summed E-state index contributed by atoms with van der Waals surface area (Å²) in [6.45, 7) is 7.60. The van der Waals surface area contributed by atoms with Crippen LogP contribution in [0.3, 0.4) is 0 Å². The monoisotopic (exact) mass is 440 g/mol. The number of nitrogens with zero attached hydrogens (tertiary/aromatic N) is 1. The van der Waals surface area contributed by atoms with Crippen LogP contribution in [0.15, 0.2) is 24.3 Å². The van der Waals surface area contributed by atoms with E-state index in [2.05, 4.69) is 5.32 Å². The van der Waals surface area contributed by atoms with Crippen LogP contribution in [0.4, 0.5) is 0 Å². The van der Waals surface area contributed by atoms with Crippen LogP contribution >= 0.6 is 0 Å². The quantitative estimate of drug-likeness (QED) is 0.477. The van der Waals surface area contributed by atoms with Crippen molar-refractivity contribution < 1.29 is 22.7 Å². The summed E-state index contributed by atoms with van der Waals surface area (Å²) in [6.07, 6.45) is 2.69. The lowest BCUT2D eigenvalue weighted by molar-refractivity contribution is -0.126. The lowest BCUT2D eigenvalue weighted by Crippen LogP contribution is -2.43. The molecule has 0 saturated carbocycles. The molecule has 1 heterocycles. The molecule has 2 rings (SSSR count). The molecule has 1 aliphatic heterocycles. The highest BCUT2D eigenvalue weighted by Gasteiger charge is 2.30. The topological polar surface area (TPSA) is 84.9 Å². The minimum atomic E-state index is -3.19. The van der Waals surface area contributed by atoms with Gasteiger partial charge in [-0.2, -0.15) is 0 Å². The van der Waals surface area contributed by atoms with Crippen molar-refractivity contribution in [2.24, 2.45) is 5.92 Å². The third kappa shape index (κ3) is 8.34. The van der Waals surface area contributed by atoms with E-state index < -0.39 is 10.0 Å². The van der Waals surface area contributed by atoms with Gasteiger partial charge >= 0.3 is 0 Å². The summed E-state index contributed by atoms with van der Waals surface area (Å²) in [5, 5.41) is 3.00. The van der Waals surface area contributed by atoms with E-state index in [0.29, 0.717) is 65.3 Å². The minimum absolute atomic E-state index is 0.000950. The molecule has 1 N–H and O–H groups in total. The van der Waals surface area contributed by atoms with Gasteiger partial charge in [-0.3, -0.25) is 4.79 Å². The van der Waals surface area contributed by atoms with Crippen LogP contribution in [0.2, 0.25) is 0 Å². The Morgan fingerprint density at radius 3 is 2.53 bits per heavy atom. The predicted octanol–water partition coefficient (Wildman–Crippen LogP) is 2.70. The van der Waals surface area contributed by atoms with Gasteiger partial charge in [0.2, 0.25) is 15.9 Å². The maximum atomic E-state index is 12.5. The molecule has 0 atom stereocenters. The van der Waals surface area contributed by atoms with E-state index in [9.17, 15) is 13.2 Å². The number of sulfonamides is 1. The van der Waals surface area contributed by atoms with Crippen LogP contribution in [0.5, 0.6) is 0 Å². The molecule has 0 bridgehead atoms. The minimum Gasteiger partial charge on any atom is -0.379 e. The largest absolute Gasteiger partial charge is 0.379 e. The molecular weight excluding hydrogens is 404 g/mol. The number of amides is 1. The molecule has 170 valence electrons. The Morgan fingerprint density at radius 1 is 1.13 bits per heavy atom. The van der Waals surface area contributed by atoms with Gasteiger partial charge in [0.05, 0.1) is 25.6 Å². The number of hydrogen-bond donors (Lipinski definition) is 1. The molecule has 8 heteroatoms. The van der Waals surface area contributed by atoms with Crippen molar-refractivity contribution in [3.63, 3.8) is 0 Å². The molecule has 1 fully saturated rings. The molecule has 30 heavy (non-hydrogen) atoms. The predicted molar refractivity (Wildman–Crippen MR) is 117 cm³/mol. The summed E-state index contributed by atoms with van der Waals surface area (Å²) in [6, 6.07) is 7.97. The zero-order valence-electron chi connectivity index (χ0n) is 18.3. The Kier molecular flexibility index (Phi) is 10.8. The number of rotatable bonds is 13. The van der Waals surface area contributed by atoms with Crippen LogP contribution in [0, 0.1) is 5.92 Å². The summed E-state index contributed by atoms with van der Waals surface area (Å²) in [5.41, 5.74) is 2.08. The second-order valence-corrected chi connectivity index (χ2v) is 9.72. The van der Waals surface area contributed by atoms with Gasteiger partial charge in [0.1, 0.15) is 0 Å². The molecule has 0 radical (unpaired) electrons. The van der Waals surface area contributed by atoms with Crippen LogP contribution in [-0.4, -0.2) is 57.3 Å². The SMILES string of the molecule is CCCCS(=O)(=O)N1CCC(C(=O)NCc2cccc(COCCOCC)c2)CC1. The fourth-order valence-electron chi connectivity index (χ4n) is 3.47. The molecule has 1 aliphatic rings. The van der Waals surface area contributed by atoms with Gasteiger partial charge in [-0.15, -0.1) is 0 Å². The van der Waals surface area contributed by atoms with Gasteiger partial charge < -0.3 is 14.8 Å². The van der Waals surface area contributed by atoms with Crippen LogP contribution in [-0.2, 0) is 37.4 Å². The van der Waals surface area contributed by atoms with E-state index in [4.69, 9.17) is 9.47 Å². The van der Waals surface area contributed by atoms with Gasteiger partial charge in [0.25, 0.3) is 0 Å². The van der Waals surface area contributed by atoms with Crippen molar-refractivity contribution >= 4 is 15.9 Å². The van der Waals surface area contributed by atoms with Crippen LogP contribution in [0.25, 0.3) is 0 Å². The number of ether oxygens (including phenoxy) is 2. The first kappa shape index (κ1) is 24.8. The zero-order chi connectivity index (χ0) is 21.8. The second-order valence-electron chi connectivity index (χ2n) is 7.63. The van der Waals surface area contributed by atoms with Crippen molar-refractivity contribution in [1.29, 1.82) is 0 Å². The summed E-state index contributed by atoms with van der Waals surface area (Å²) in [5.74, 6) is 0.0677. The molecule has 1 saturated heterocycles. The summed E-state index contributed by atoms with van der Waals surface area (Å²) in [4.78, 5) is 12.5. The maximum absolute atomic E-state index is 12.5. The van der Waals surface area contributed by atoms with Gasteiger partial charge in [0.15, 0.2) is 0 Å². The number of nitrogens with one attached hydrogen (secondary N) is 1. The van der Waals surface area contributed by atoms with Gasteiger partial charge in [-0.1, -0.05) is 37.6 Å². The van der Waals surface area contributed by atoms with Crippen molar-refractivity contribution in [3.8, 4) is 0 Å². The Morgan fingerprint density at radius 2 is 1.83 bits per heavy atom. The number of benzene rings is 1. The fraction of sp³-hybridized carbons (Fsp3) is 0.682. The number of hydrogen-bond acceptors (Lipinski definition) is 5. The summed E-state index contributed by atoms with van der Waals surface area (Å²) in [7, 11) is -3.19. The Hall–Kier alpha value is -1.48. The van der Waals surface area contributed by atoms with E-state index in [-0.39, 0.29) is 17.6 Å². The summed E-state index contributed by atoms with van der Waals surface area (Å²) >= 11 is 0. The zero-order valence-corrected chi connectivity index (χ0v) is 19.1. The molecule has 1 aromatic rings. The first-order valence-electron chi connectivity index (χ1n) is 10.9. The normalized spacial score (nSPS) is 15.9. The lowest BCUT2D eigenvalue weighted by Gasteiger charge is -2.30. The third-order valence-electron chi connectivity index (χ3n) is 5.28. The van der Waals surface area contributed by atoms with Crippen molar-refractivity contribution in [2.75, 3.05) is 38.7 Å². The molecule has 0 aromatic heterocycles. The maximum Gasteiger partial charge on any atom is 0.223 e. The third-order valence-corrected chi connectivity index (χ3v) is 7.23. The van der Waals surface area contributed by atoms with Crippen molar-refractivity contribution in [2.45, 2.75) is 52.7 Å². The number of unbranched alkanes of at least 4 members (excludes halogenated alkanes) is 1. The van der Waals surface area contributed by atoms with Gasteiger partial charge in [-0.05, 0) is 37.3 Å². The lowest BCUT2D eigenvalue weighted by atomic mass is 9.97. The van der Waals surface area contributed by atoms with E-state index in [1.54, 1.807) is 4.31 Å². The van der Waals surface area contributed by atoms with E-state index in [1.807, 2.05) is 38.1 Å². The van der Waals surface area contributed by atoms with E-state index in [1.165, 1.54) is 0 Å². The number of carbonyl (C=O) groups excluding carboxylic acids is 1. The van der Waals surface area contributed by atoms with Gasteiger partial charge in [0, 0.05) is 32.2 Å². The Labute approximate surface area is 181 Å². The van der Waals surface area contributed by atoms with E-state index >= 15 is 0 Å². The smallest absolute Gasteiger partial charge is 0.223 e. The van der Waals surface area contributed by atoms with Gasteiger partial charge in [-0.25, -0.2) is 12.7 Å². The van der Waals surface area contributed by atoms with E-state index in [0.717, 1.165) is 17.5 Å². The molecular formula is C22H36N2O5S. The highest BCUT2D eigenvalue weighted by Crippen LogP contribution is 2.21. The molecule has 7 nitrogen and oxygen atoms in total. The molecule has 0 unspecified atom stereocenters. The fourth-order valence-corrected chi connectivity index (χ4v) is 5.15. The second kappa shape index (κ2) is 13.0. The molecule has 0 aliphatic carbocycles. The molecule has 1 aromatic carbocycles. The van der Waals surface area contributed by atoms with Crippen LogP contribution in [0.1, 0.15) is 50.7 Å². The highest BCUT2D eigenvalue weighted by atomic mass is 32.2. The number of carbonyl (C=O) groups is 1. The average Bonchev–Trinajstić information content (AvgIpc) is 2.76. The average molecular weight is 441 g/mol. The first-order valence-corrected chi connectivity index (χ1v) is 12.6. The Bertz CT molecular complexity index is 746. The Balaban J connectivity index is 1.74. The van der Waals surface area contributed by atoms with Crippen molar-refractivity contribution in [1.82, 2.24) is 9.62 Å². The number of piperidine rings is 1. The first-order chi connectivity index (χ1) is 14.5. The summed E-state index contributed by atoms with van der Waals surface area (Å²) < 4.78 is 37.0. The highest BCUT2D eigenvalue weighted by molar-refractivity contribution is 7.89. The molecule has 1 amide bonds.